The number of likely N-dealkylation sites (tertiary alicyclic amines) is 1. The lowest BCUT2D eigenvalue weighted by atomic mass is 10.1. The number of carbonyl (C=O) groups excluding carboxylic acids is 1. The van der Waals surface area contributed by atoms with Crippen molar-refractivity contribution in [3.05, 3.63) is 66.0 Å². The van der Waals surface area contributed by atoms with E-state index in [1.807, 2.05) is 41.3 Å². The zero-order valence-electron chi connectivity index (χ0n) is 18.9. The zero-order valence-corrected chi connectivity index (χ0v) is 19.7. The van der Waals surface area contributed by atoms with Crippen LogP contribution in [-0.4, -0.2) is 65.1 Å². The van der Waals surface area contributed by atoms with E-state index < -0.39 is 0 Å². The van der Waals surface area contributed by atoms with E-state index in [0.717, 1.165) is 79.6 Å². The van der Waals surface area contributed by atoms with Crippen LogP contribution >= 0.6 is 11.8 Å². The lowest BCUT2D eigenvalue weighted by Crippen LogP contribution is -2.38. The first-order valence-corrected chi connectivity index (χ1v) is 12.7. The Kier molecular flexibility index (Phi) is 7.19. The van der Waals surface area contributed by atoms with E-state index in [2.05, 4.69) is 23.1 Å². The number of nitrogens with zero attached hydrogens (tertiary/aromatic N) is 4. The fraction of sp³-hybridized carbons (Fsp3) is 0.423. The second kappa shape index (κ2) is 10.6. The molecule has 0 N–H and O–H groups in total. The van der Waals surface area contributed by atoms with Gasteiger partial charge in [0.05, 0.1) is 25.3 Å². The number of morpholine rings is 1. The standard InChI is InChI=1S/C26H30N4O2S/c31-26(30-13-7-2-8-14-30)24(20-9-3-1-4-10-20)33-25-21-11-5-6-12-22(21)27-23(28-25)19-29-15-17-32-18-16-29/h1,3-6,9-12,24H,2,7-8,13-19H2/t24-/m0/s1. The number of amides is 1. The average molecular weight is 463 g/mol. The maximum atomic E-state index is 13.7. The van der Waals surface area contributed by atoms with Crippen LogP contribution in [0.1, 0.15) is 35.9 Å². The number of benzene rings is 2. The number of fused-ring (bicyclic) bond motifs is 1. The molecule has 0 spiro atoms. The molecule has 0 radical (unpaired) electrons. The molecule has 33 heavy (non-hydrogen) atoms. The molecule has 5 rings (SSSR count). The van der Waals surface area contributed by atoms with E-state index in [1.165, 1.54) is 6.42 Å². The van der Waals surface area contributed by atoms with E-state index in [0.29, 0.717) is 6.54 Å². The molecule has 3 aromatic rings. The van der Waals surface area contributed by atoms with Gasteiger partial charge in [-0.2, -0.15) is 0 Å². The maximum Gasteiger partial charge on any atom is 0.240 e. The molecule has 172 valence electrons. The van der Waals surface area contributed by atoms with E-state index in [-0.39, 0.29) is 11.2 Å². The normalized spacial score (nSPS) is 18.4. The highest BCUT2D eigenvalue weighted by molar-refractivity contribution is 8.00. The second-order valence-corrected chi connectivity index (χ2v) is 9.74. The van der Waals surface area contributed by atoms with Crippen LogP contribution in [0.3, 0.4) is 0 Å². The number of hydrogen-bond donors (Lipinski definition) is 0. The van der Waals surface area contributed by atoms with Crippen LogP contribution in [0, 0.1) is 0 Å². The van der Waals surface area contributed by atoms with Gasteiger partial charge in [-0.1, -0.05) is 60.3 Å². The Morgan fingerprint density at radius 3 is 2.42 bits per heavy atom. The minimum absolute atomic E-state index is 0.184. The molecule has 2 aromatic carbocycles. The molecule has 0 unspecified atom stereocenters. The second-order valence-electron chi connectivity index (χ2n) is 8.65. The lowest BCUT2D eigenvalue weighted by molar-refractivity contribution is -0.131. The van der Waals surface area contributed by atoms with Crippen molar-refractivity contribution in [2.24, 2.45) is 0 Å². The first-order chi connectivity index (χ1) is 16.3. The highest BCUT2D eigenvalue weighted by Gasteiger charge is 2.29. The first-order valence-electron chi connectivity index (χ1n) is 11.8. The summed E-state index contributed by atoms with van der Waals surface area (Å²) < 4.78 is 5.49. The molecular weight excluding hydrogens is 432 g/mol. The quantitative estimate of drug-likeness (QED) is 0.402. The van der Waals surface area contributed by atoms with Crippen LogP contribution in [-0.2, 0) is 16.1 Å². The summed E-state index contributed by atoms with van der Waals surface area (Å²) in [6.45, 7) is 5.64. The van der Waals surface area contributed by atoms with Crippen molar-refractivity contribution < 1.29 is 9.53 Å². The number of hydrogen-bond acceptors (Lipinski definition) is 6. The van der Waals surface area contributed by atoms with Crippen molar-refractivity contribution in [2.75, 3.05) is 39.4 Å². The fourth-order valence-corrected chi connectivity index (χ4v) is 5.72. The van der Waals surface area contributed by atoms with Gasteiger partial charge in [-0.25, -0.2) is 9.97 Å². The molecule has 0 bridgehead atoms. The minimum Gasteiger partial charge on any atom is -0.379 e. The third kappa shape index (κ3) is 5.37. The number of piperidine rings is 1. The molecule has 6 nitrogen and oxygen atoms in total. The molecule has 1 atom stereocenters. The average Bonchev–Trinajstić information content (AvgIpc) is 2.88. The molecule has 2 aliphatic rings. The van der Waals surface area contributed by atoms with Gasteiger partial charge in [0.2, 0.25) is 5.91 Å². The van der Waals surface area contributed by atoms with Gasteiger partial charge in [0.1, 0.15) is 16.1 Å². The molecule has 1 amide bonds. The van der Waals surface area contributed by atoms with Crippen LogP contribution in [0.5, 0.6) is 0 Å². The molecule has 2 saturated heterocycles. The fourth-order valence-electron chi connectivity index (χ4n) is 4.49. The number of carbonyl (C=O) groups is 1. The van der Waals surface area contributed by atoms with Crippen LogP contribution < -0.4 is 0 Å². The molecule has 7 heteroatoms. The Morgan fingerprint density at radius 1 is 0.909 bits per heavy atom. The Morgan fingerprint density at radius 2 is 1.64 bits per heavy atom. The van der Waals surface area contributed by atoms with E-state index in [4.69, 9.17) is 14.7 Å². The highest BCUT2D eigenvalue weighted by Crippen LogP contribution is 2.39. The summed E-state index contributed by atoms with van der Waals surface area (Å²) in [6.07, 6.45) is 3.37. The molecule has 0 aliphatic carbocycles. The van der Waals surface area contributed by atoms with Crippen LogP contribution in [0.25, 0.3) is 10.9 Å². The van der Waals surface area contributed by atoms with Gasteiger partial charge in [0.15, 0.2) is 0 Å². The molecule has 0 saturated carbocycles. The Labute approximate surface area is 199 Å². The number of aromatic nitrogens is 2. The topological polar surface area (TPSA) is 58.6 Å². The first kappa shape index (κ1) is 22.3. The predicted octanol–water partition coefficient (Wildman–Crippen LogP) is 4.31. The minimum atomic E-state index is -0.321. The van der Waals surface area contributed by atoms with Crippen molar-refractivity contribution >= 4 is 28.6 Å². The van der Waals surface area contributed by atoms with Crippen molar-refractivity contribution in [3.8, 4) is 0 Å². The third-order valence-corrected chi connectivity index (χ3v) is 7.55. The van der Waals surface area contributed by atoms with Gasteiger partial charge >= 0.3 is 0 Å². The summed E-state index contributed by atoms with van der Waals surface area (Å²) in [4.78, 5) is 27.9. The zero-order chi connectivity index (χ0) is 22.5. The maximum absolute atomic E-state index is 13.7. The molecule has 1 aromatic heterocycles. The van der Waals surface area contributed by atoms with Crippen LogP contribution in [0.15, 0.2) is 59.6 Å². The van der Waals surface area contributed by atoms with Gasteiger partial charge in [0.25, 0.3) is 0 Å². The summed E-state index contributed by atoms with van der Waals surface area (Å²) in [5, 5.41) is 1.56. The number of ether oxygens (including phenoxy) is 1. The van der Waals surface area contributed by atoms with E-state index in [9.17, 15) is 4.79 Å². The lowest BCUT2D eigenvalue weighted by Gasteiger charge is -2.30. The molecule has 3 heterocycles. The summed E-state index contributed by atoms with van der Waals surface area (Å²) in [7, 11) is 0. The Bertz CT molecular complexity index is 1080. The van der Waals surface area contributed by atoms with Gasteiger partial charge < -0.3 is 9.64 Å². The van der Waals surface area contributed by atoms with E-state index >= 15 is 0 Å². The van der Waals surface area contributed by atoms with Gasteiger partial charge in [0, 0.05) is 31.6 Å². The van der Waals surface area contributed by atoms with Gasteiger partial charge in [-0.15, -0.1) is 0 Å². The van der Waals surface area contributed by atoms with E-state index in [1.54, 1.807) is 11.8 Å². The summed E-state index contributed by atoms with van der Waals surface area (Å²) in [5.74, 6) is 0.985. The van der Waals surface area contributed by atoms with Gasteiger partial charge in [-0.3, -0.25) is 9.69 Å². The van der Waals surface area contributed by atoms with Crippen molar-refractivity contribution in [3.63, 3.8) is 0 Å². The van der Waals surface area contributed by atoms with Crippen LogP contribution in [0.2, 0.25) is 0 Å². The molecular formula is C26H30N4O2S. The van der Waals surface area contributed by atoms with Gasteiger partial charge in [-0.05, 0) is 30.9 Å². The Balaban J connectivity index is 1.49. The smallest absolute Gasteiger partial charge is 0.240 e. The largest absolute Gasteiger partial charge is 0.379 e. The predicted molar refractivity (Wildman–Crippen MR) is 131 cm³/mol. The summed E-state index contributed by atoms with van der Waals surface area (Å²) >= 11 is 1.56. The third-order valence-electron chi connectivity index (χ3n) is 6.31. The SMILES string of the molecule is O=C([C@@H](Sc1nc(CN2CCOCC2)nc2ccccc12)c1ccccc1)N1CCCCC1. The number of thioether (sulfide) groups is 1. The highest BCUT2D eigenvalue weighted by atomic mass is 32.2. The monoisotopic (exact) mass is 462 g/mol. The van der Waals surface area contributed by atoms with Crippen molar-refractivity contribution in [2.45, 2.75) is 36.1 Å². The van der Waals surface area contributed by atoms with Crippen LogP contribution in [0.4, 0.5) is 0 Å². The van der Waals surface area contributed by atoms with Crippen molar-refractivity contribution in [1.82, 2.24) is 19.8 Å². The van der Waals surface area contributed by atoms with Crippen molar-refractivity contribution in [1.29, 1.82) is 0 Å². The Hall–Kier alpha value is -2.48. The summed E-state index contributed by atoms with van der Waals surface area (Å²) in [6, 6.07) is 18.2. The molecule has 2 aliphatic heterocycles. The molecule has 2 fully saturated rings. The number of rotatable bonds is 6. The number of para-hydroxylation sites is 1. The summed E-state index contributed by atoms with van der Waals surface area (Å²) in [5.41, 5.74) is 1.95.